The zero-order valence-electron chi connectivity index (χ0n) is 23.5. The number of carbonyl (C=O) groups is 4. The molecule has 3 atom stereocenters. The molecule has 3 amide bonds. The molecule has 11 nitrogen and oxygen atoms in total. The van der Waals surface area contributed by atoms with Gasteiger partial charge >= 0.3 is 12.1 Å². The summed E-state index contributed by atoms with van der Waals surface area (Å²) >= 11 is 0. The van der Waals surface area contributed by atoms with Crippen LogP contribution in [0.25, 0.3) is 0 Å². The molecule has 0 radical (unpaired) electrons. The number of para-hydroxylation sites is 1. The van der Waals surface area contributed by atoms with Crippen LogP contribution in [-0.4, -0.2) is 47.1 Å². The van der Waals surface area contributed by atoms with Crippen LogP contribution in [-0.2, 0) is 43.4 Å². The van der Waals surface area contributed by atoms with Gasteiger partial charge in [0.2, 0.25) is 11.8 Å². The van der Waals surface area contributed by atoms with E-state index in [0.717, 1.165) is 11.1 Å². The van der Waals surface area contributed by atoms with E-state index in [2.05, 4.69) is 16.0 Å². The summed E-state index contributed by atoms with van der Waals surface area (Å²) in [6, 6.07) is 12.8. The molecule has 2 unspecified atom stereocenters. The molecule has 0 heterocycles. The molecule has 0 fully saturated rings. The maximum Gasteiger partial charge on any atom is 0.408 e. The van der Waals surface area contributed by atoms with Crippen LogP contribution >= 0.6 is 0 Å². The second kappa shape index (κ2) is 12.8. The van der Waals surface area contributed by atoms with E-state index in [1.807, 2.05) is 24.3 Å². The molecule has 2 aromatic rings. The van der Waals surface area contributed by atoms with Gasteiger partial charge in [-0.15, -0.1) is 0 Å². The van der Waals surface area contributed by atoms with Crippen LogP contribution in [0.3, 0.4) is 0 Å². The van der Waals surface area contributed by atoms with Crippen molar-refractivity contribution in [2.24, 2.45) is 5.73 Å². The number of fused-ring (bicyclic) bond motifs is 1. The quantitative estimate of drug-likeness (QED) is 0.272. The Labute approximate surface area is 234 Å². The van der Waals surface area contributed by atoms with E-state index in [0.29, 0.717) is 12.0 Å². The summed E-state index contributed by atoms with van der Waals surface area (Å²) in [5.41, 5.74) is 5.89. The maximum atomic E-state index is 13.5. The lowest BCUT2D eigenvalue weighted by molar-refractivity contribution is -0.222. The number of rotatable bonds is 9. The highest BCUT2D eigenvalue weighted by Crippen LogP contribution is 2.31. The molecule has 0 bridgehead atoms. The SMILES string of the molecule is CC(N)C(=O)NC(C)C(=O)NCc1ccccc1OOC(=O)[C@]1(NC(=O)OC(C)(C)C)CCc2ccccc2C1. The van der Waals surface area contributed by atoms with Gasteiger partial charge in [-0.3, -0.25) is 14.5 Å². The van der Waals surface area contributed by atoms with E-state index >= 15 is 0 Å². The van der Waals surface area contributed by atoms with Crippen LogP contribution in [0.2, 0.25) is 0 Å². The molecule has 0 saturated carbocycles. The number of carbonyl (C=O) groups excluding carboxylic acids is 4. The minimum atomic E-state index is -1.41. The first kappa shape index (κ1) is 30.4. The molecule has 1 aliphatic rings. The topological polar surface area (TPSA) is 158 Å². The Morgan fingerprint density at radius 3 is 2.30 bits per heavy atom. The molecule has 40 heavy (non-hydrogen) atoms. The van der Waals surface area contributed by atoms with Gasteiger partial charge in [-0.25, -0.2) is 14.5 Å². The van der Waals surface area contributed by atoms with Crippen LogP contribution in [0.1, 0.15) is 57.7 Å². The molecule has 0 aromatic heterocycles. The molecule has 0 aliphatic heterocycles. The number of aryl methyl sites for hydroxylation is 1. The van der Waals surface area contributed by atoms with Crippen LogP contribution < -0.4 is 26.6 Å². The van der Waals surface area contributed by atoms with Crippen LogP contribution in [0.15, 0.2) is 48.5 Å². The lowest BCUT2D eigenvalue weighted by atomic mass is 9.78. The molecular weight excluding hydrogens is 516 g/mol. The highest BCUT2D eigenvalue weighted by Gasteiger charge is 2.46. The van der Waals surface area contributed by atoms with Gasteiger partial charge in [0.25, 0.3) is 0 Å². The van der Waals surface area contributed by atoms with E-state index in [1.165, 1.54) is 6.92 Å². The van der Waals surface area contributed by atoms with Crippen LogP contribution in [0.4, 0.5) is 4.79 Å². The Morgan fingerprint density at radius 2 is 1.62 bits per heavy atom. The number of hydrogen-bond donors (Lipinski definition) is 4. The van der Waals surface area contributed by atoms with E-state index < -0.39 is 47.1 Å². The number of nitrogens with one attached hydrogen (secondary N) is 3. The summed E-state index contributed by atoms with van der Waals surface area (Å²) < 4.78 is 5.42. The van der Waals surface area contributed by atoms with Gasteiger partial charge in [0, 0.05) is 18.5 Å². The zero-order valence-corrected chi connectivity index (χ0v) is 23.5. The predicted molar refractivity (Wildman–Crippen MR) is 147 cm³/mol. The monoisotopic (exact) mass is 554 g/mol. The van der Waals surface area contributed by atoms with Crippen molar-refractivity contribution in [3.63, 3.8) is 0 Å². The van der Waals surface area contributed by atoms with Crippen molar-refractivity contribution >= 4 is 23.9 Å². The molecule has 216 valence electrons. The second-order valence-corrected chi connectivity index (χ2v) is 11.0. The Hall–Kier alpha value is -4.12. The molecule has 1 aliphatic carbocycles. The first-order valence-electron chi connectivity index (χ1n) is 13.2. The number of nitrogens with two attached hydrogens (primary N) is 1. The molecule has 0 spiro atoms. The van der Waals surface area contributed by atoms with Crippen molar-refractivity contribution in [3.05, 3.63) is 65.2 Å². The van der Waals surface area contributed by atoms with Crippen molar-refractivity contribution in [2.75, 3.05) is 0 Å². The van der Waals surface area contributed by atoms with Gasteiger partial charge in [0.15, 0.2) is 5.75 Å². The Morgan fingerprint density at radius 1 is 0.975 bits per heavy atom. The van der Waals surface area contributed by atoms with Crippen molar-refractivity contribution in [3.8, 4) is 5.75 Å². The largest absolute Gasteiger partial charge is 0.444 e. The molecule has 2 aromatic carbocycles. The van der Waals surface area contributed by atoms with E-state index in [4.69, 9.17) is 20.2 Å². The number of hydrogen-bond acceptors (Lipinski definition) is 8. The van der Waals surface area contributed by atoms with E-state index in [-0.39, 0.29) is 25.1 Å². The van der Waals surface area contributed by atoms with E-state index in [9.17, 15) is 19.2 Å². The average Bonchev–Trinajstić information content (AvgIpc) is 2.89. The summed E-state index contributed by atoms with van der Waals surface area (Å²) in [6.45, 7) is 8.31. The third-order valence-corrected chi connectivity index (χ3v) is 6.36. The normalized spacial score (nSPS) is 17.9. The van der Waals surface area contributed by atoms with Gasteiger partial charge in [0.05, 0.1) is 6.04 Å². The Balaban J connectivity index is 1.71. The van der Waals surface area contributed by atoms with Crippen molar-refractivity contribution < 1.29 is 33.7 Å². The fourth-order valence-corrected chi connectivity index (χ4v) is 4.21. The summed E-state index contributed by atoms with van der Waals surface area (Å²) in [4.78, 5) is 61.2. The van der Waals surface area contributed by atoms with Crippen LogP contribution in [0, 0.1) is 0 Å². The van der Waals surface area contributed by atoms with Gasteiger partial charge in [-0.05, 0) is 64.7 Å². The van der Waals surface area contributed by atoms with Crippen molar-refractivity contribution in [2.45, 2.75) is 83.6 Å². The lowest BCUT2D eigenvalue weighted by Gasteiger charge is -2.36. The van der Waals surface area contributed by atoms with Gasteiger partial charge in [0.1, 0.15) is 17.2 Å². The molecule has 5 N–H and O–H groups in total. The number of amides is 3. The first-order chi connectivity index (χ1) is 18.8. The minimum absolute atomic E-state index is 0.0413. The Bertz CT molecular complexity index is 1240. The third-order valence-electron chi connectivity index (χ3n) is 6.36. The van der Waals surface area contributed by atoms with Gasteiger partial charge in [-0.2, -0.15) is 0 Å². The zero-order chi connectivity index (χ0) is 29.5. The third kappa shape index (κ3) is 8.19. The number of benzene rings is 2. The molecule has 11 heteroatoms. The standard InChI is InChI=1S/C29H38N4O7/c1-18(30)24(34)32-19(2)25(35)31-17-22-12-8-9-13-23(22)39-40-26(36)29(33-27(37)38-28(3,4)5)15-14-20-10-6-7-11-21(20)16-29/h6-13,18-19H,14-17,30H2,1-5H3,(H,31,35)(H,32,34)(H,33,37)/t18?,19?,29-/m0/s1. The lowest BCUT2D eigenvalue weighted by Crippen LogP contribution is -2.59. The second-order valence-electron chi connectivity index (χ2n) is 11.0. The highest BCUT2D eigenvalue weighted by atomic mass is 17.2. The summed E-state index contributed by atoms with van der Waals surface area (Å²) in [7, 11) is 0. The van der Waals surface area contributed by atoms with Gasteiger partial charge in [-0.1, -0.05) is 42.5 Å². The highest BCUT2D eigenvalue weighted by molar-refractivity contribution is 5.89. The smallest absolute Gasteiger partial charge is 0.408 e. The van der Waals surface area contributed by atoms with Gasteiger partial charge < -0.3 is 26.4 Å². The van der Waals surface area contributed by atoms with Crippen molar-refractivity contribution in [1.82, 2.24) is 16.0 Å². The average molecular weight is 555 g/mol. The summed E-state index contributed by atoms with van der Waals surface area (Å²) in [5.74, 6) is -1.45. The fraction of sp³-hybridized carbons (Fsp3) is 0.448. The summed E-state index contributed by atoms with van der Waals surface area (Å²) in [6.07, 6.45) is 0.292. The number of alkyl carbamates (subject to hydrolysis) is 1. The maximum absolute atomic E-state index is 13.5. The number of ether oxygens (including phenoxy) is 1. The molecule has 3 rings (SSSR count). The summed E-state index contributed by atoms with van der Waals surface area (Å²) in [5, 5.41) is 7.98. The molecule has 0 saturated heterocycles. The first-order valence-corrected chi connectivity index (χ1v) is 13.2. The van der Waals surface area contributed by atoms with E-state index in [1.54, 1.807) is 52.0 Å². The predicted octanol–water partition coefficient (Wildman–Crippen LogP) is 2.44. The Kier molecular flexibility index (Phi) is 9.75. The van der Waals surface area contributed by atoms with Crippen LogP contribution in [0.5, 0.6) is 5.75 Å². The minimum Gasteiger partial charge on any atom is -0.444 e. The van der Waals surface area contributed by atoms with Crippen molar-refractivity contribution in [1.29, 1.82) is 0 Å². The molecular formula is C29H38N4O7. The fourth-order valence-electron chi connectivity index (χ4n) is 4.21.